The van der Waals surface area contributed by atoms with Crippen LogP contribution in [0.3, 0.4) is 0 Å². The second-order valence-corrected chi connectivity index (χ2v) is 3.95. The Morgan fingerprint density at radius 1 is 1.54 bits per heavy atom. The van der Waals surface area contributed by atoms with Crippen LogP contribution >= 0.6 is 43.5 Å². The van der Waals surface area contributed by atoms with Gasteiger partial charge in [-0.1, -0.05) is 27.5 Å². The first-order valence-corrected chi connectivity index (χ1v) is 5.54. The van der Waals surface area contributed by atoms with E-state index in [0.717, 1.165) is 6.20 Å². The summed E-state index contributed by atoms with van der Waals surface area (Å²) in [4.78, 5) is 3.79. The minimum absolute atomic E-state index is 0.185. The summed E-state index contributed by atoms with van der Waals surface area (Å²) in [6.07, 6.45) is -1.44. The van der Waals surface area contributed by atoms with E-state index in [1.165, 1.54) is 0 Å². The lowest BCUT2D eigenvalue weighted by Gasteiger charge is -2.06. The summed E-state index contributed by atoms with van der Waals surface area (Å²) >= 11 is 11.9. The number of pyridine rings is 1. The van der Waals surface area contributed by atoms with Gasteiger partial charge in [0.15, 0.2) is 0 Å². The predicted octanol–water partition coefficient (Wildman–Crippen LogP) is 4.33. The van der Waals surface area contributed by atoms with Gasteiger partial charge in [0.05, 0.1) is 16.3 Å². The van der Waals surface area contributed by atoms with Gasteiger partial charge in [0.1, 0.15) is 0 Å². The van der Waals surface area contributed by atoms with Crippen molar-refractivity contribution in [1.82, 2.24) is 4.98 Å². The molecule has 0 bridgehead atoms. The van der Waals surface area contributed by atoms with Crippen LogP contribution in [0.2, 0.25) is 5.02 Å². The summed E-state index contributed by atoms with van der Waals surface area (Å²) in [5.74, 6) is 0. The summed E-state index contributed by atoms with van der Waals surface area (Å²) in [6.45, 7) is 0. The van der Waals surface area contributed by atoms with E-state index in [1.54, 1.807) is 0 Å². The van der Waals surface area contributed by atoms with Gasteiger partial charge in [0.2, 0.25) is 0 Å². The number of halogens is 5. The molecule has 0 amide bonds. The second-order valence-electron chi connectivity index (χ2n) is 2.22. The minimum Gasteiger partial charge on any atom is -0.258 e. The van der Waals surface area contributed by atoms with Crippen LogP contribution in [-0.2, 0) is 5.33 Å². The molecule has 0 radical (unpaired) electrons. The molecule has 0 aromatic carbocycles. The molecule has 0 unspecified atom stereocenters. The minimum atomic E-state index is -2.57. The Morgan fingerprint density at radius 2 is 2.15 bits per heavy atom. The molecule has 1 aromatic rings. The van der Waals surface area contributed by atoms with Gasteiger partial charge < -0.3 is 0 Å². The van der Waals surface area contributed by atoms with Crippen molar-refractivity contribution in [2.45, 2.75) is 11.8 Å². The summed E-state index contributed by atoms with van der Waals surface area (Å²) in [6, 6.07) is 0. The molecular formula is C7H4Br2ClF2N. The fourth-order valence-electron chi connectivity index (χ4n) is 0.760. The van der Waals surface area contributed by atoms with E-state index in [2.05, 4.69) is 36.8 Å². The van der Waals surface area contributed by atoms with E-state index in [9.17, 15) is 8.78 Å². The smallest absolute Gasteiger partial charge is 0.258 e. The molecule has 0 saturated heterocycles. The maximum Gasteiger partial charge on any atom is 0.266 e. The van der Waals surface area contributed by atoms with Gasteiger partial charge in [-0.15, -0.1) is 0 Å². The second kappa shape index (κ2) is 4.66. The fourth-order valence-corrected chi connectivity index (χ4v) is 2.08. The summed E-state index contributed by atoms with van der Waals surface area (Å²) in [7, 11) is 0. The molecule has 0 saturated carbocycles. The van der Waals surface area contributed by atoms with E-state index in [1.807, 2.05) is 0 Å². The zero-order valence-corrected chi connectivity index (χ0v) is 10.1. The molecule has 6 heteroatoms. The highest BCUT2D eigenvalue weighted by molar-refractivity contribution is 9.10. The molecule has 0 fully saturated rings. The normalized spacial score (nSPS) is 10.9. The number of aromatic nitrogens is 1. The topological polar surface area (TPSA) is 12.9 Å². The van der Waals surface area contributed by atoms with E-state index in [0.29, 0.717) is 11.0 Å². The lowest BCUT2D eigenvalue weighted by molar-refractivity contribution is 0.150. The third kappa shape index (κ3) is 2.39. The zero-order valence-electron chi connectivity index (χ0n) is 6.20. The van der Waals surface area contributed by atoms with E-state index >= 15 is 0 Å². The van der Waals surface area contributed by atoms with Crippen molar-refractivity contribution < 1.29 is 8.78 Å². The van der Waals surface area contributed by atoms with Crippen LogP contribution in [0.5, 0.6) is 0 Å². The molecule has 0 aliphatic heterocycles. The van der Waals surface area contributed by atoms with Crippen molar-refractivity contribution in [3.8, 4) is 0 Å². The largest absolute Gasteiger partial charge is 0.266 e. The molecule has 0 aliphatic carbocycles. The van der Waals surface area contributed by atoms with Crippen molar-refractivity contribution in [3.63, 3.8) is 0 Å². The molecule has 1 rings (SSSR count). The highest BCUT2D eigenvalue weighted by Gasteiger charge is 2.16. The fraction of sp³-hybridized carbons (Fsp3) is 0.286. The van der Waals surface area contributed by atoms with Crippen LogP contribution in [0.25, 0.3) is 0 Å². The molecule has 0 atom stereocenters. The van der Waals surface area contributed by atoms with Gasteiger partial charge >= 0.3 is 0 Å². The molecule has 0 spiro atoms. The molecular weight excluding hydrogens is 331 g/mol. The number of rotatable bonds is 2. The third-order valence-electron chi connectivity index (χ3n) is 1.42. The van der Waals surface area contributed by atoms with E-state index < -0.39 is 6.43 Å². The molecule has 0 aliphatic rings. The summed E-state index contributed by atoms with van der Waals surface area (Å²) in [5.41, 5.74) is 0.354. The molecule has 13 heavy (non-hydrogen) atoms. The lowest BCUT2D eigenvalue weighted by Crippen LogP contribution is -1.94. The van der Waals surface area contributed by atoms with E-state index in [4.69, 9.17) is 11.6 Å². The van der Waals surface area contributed by atoms with Crippen LogP contribution in [0.4, 0.5) is 8.78 Å². The van der Waals surface area contributed by atoms with Gasteiger partial charge in [0, 0.05) is 16.0 Å². The van der Waals surface area contributed by atoms with Crippen molar-refractivity contribution in [2.24, 2.45) is 0 Å². The summed E-state index contributed by atoms with van der Waals surface area (Å²) < 4.78 is 24.8. The molecule has 72 valence electrons. The SMILES string of the molecule is FC(F)c1cnc(CBr)c(Cl)c1Br. The Kier molecular flexibility index (Phi) is 4.06. The van der Waals surface area contributed by atoms with Crippen molar-refractivity contribution >= 4 is 43.5 Å². The lowest BCUT2D eigenvalue weighted by atomic mass is 10.2. The molecule has 0 N–H and O–H groups in total. The van der Waals surface area contributed by atoms with Gasteiger partial charge in [-0.25, -0.2) is 8.78 Å². The molecule has 1 nitrogen and oxygen atoms in total. The van der Waals surface area contributed by atoms with Crippen LogP contribution in [0, 0.1) is 0 Å². The summed E-state index contributed by atoms with van der Waals surface area (Å²) in [5, 5.41) is 0.670. The number of hydrogen-bond donors (Lipinski definition) is 0. The molecule has 1 heterocycles. The maximum atomic E-state index is 12.3. The first-order valence-electron chi connectivity index (χ1n) is 3.24. The van der Waals surface area contributed by atoms with Gasteiger partial charge in [-0.3, -0.25) is 4.98 Å². The Morgan fingerprint density at radius 3 is 2.62 bits per heavy atom. The quantitative estimate of drug-likeness (QED) is 0.733. The Bertz CT molecular complexity index is 320. The maximum absolute atomic E-state index is 12.3. The van der Waals surface area contributed by atoms with Crippen molar-refractivity contribution in [3.05, 3.63) is 26.9 Å². The highest BCUT2D eigenvalue weighted by atomic mass is 79.9. The standard InChI is InChI=1S/C7H4Br2ClF2N/c8-1-4-6(10)5(9)3(2-13-4)7(11)12/h2,7H,1H2. The highest BCUT2D eigenvalue weighted by Crippen LogP contribution is 2.34. The predicted molar refractivity (Wildman–Crippen MR) is 54.5 cm³/mol. The van der Waals surface area contributed by atoms with Crippen LogP contribution < -0.4 is 0 Å². The van der Waals surface area contributed by atoms with Crippen molar-refractivity contribution in [2.75, 3.05) is 0 Å². The Hall–Kier alpha value is 0.260. The Balaban J connectivity index is 3.23. The van der Waals surface area contributed by atoms with Crippen molar-refractivity contribution in [1.29, 1.82) is 0 Å². The first-order chi connectivity index (χ1) is 6.07. The number of hydrogen-bond acceptors (Lipinski definition) is 1. The average Bonchev–Trinajstić information content (AvgIpc) is 2.09. The van der Waals surface area contributed by atoms with Crippen LogP contribution in [0.15, 0.2) is 10.7 Å². The number of nitrogens with zero attached hydrogens (tertiary/aromatic N) is 1. The van der Waals surface area contributed by atoms with Gasteiger partial charge in [0.25, 0.3) is 6.43 Å². The first kappa shape index (κ1) is 11.3. The van der Waals surface area contributed by atoms with E-state index in [-0.39, 0.29) is 15.1 Å². The van der Waals surface area contributed by atoms with Crippen LogP contribution in [0.1, 0.15) is 17.7 Å². The monoisotopic (exact) mass is 333 g/mol. The Labute approximate surface area is 95.8 Å². The van der Waals surface area contributed by atoms with Crippen LogP contribution in [-0.4, -0.2) is 4.98 Å². The third-order valence-corrected chi connectivity index (χ3v) is 3.44. The average molecular weight is 335 g/mol. The molecule has 1 aromatic heterocycles. The number of alkyl halides is 3. The van der Waals surface area contributed by atoms with Gasteiger partial charge in [-0.2, -0.15) is 0 Å². The zero-order chi connectivity index (χ0) is 10.0. The van der Waals surface area contributed by atoms with Gasteiger partial charge in [-0.05, 0) is 15.9 Å².